The molecule has 218 valence electrons. The number of benzene rings is 2. The van der Waals surface area contributed by atoms with Crippen LogP contribution in [0.2, 0.25) is 0 Å². The third-order valence-electron chi connectivity index (χ3n) is 8.58. The molecule has 0 heterocycles. The van der Waals surface area contributed by atoms with Crippen molar-refractivity contribution in [3.63, 3.8) is 0 Å². The predicted molar refractivity (Wildman–Crippen MR) is 163 cm³/mol. The highest BCUT2D eigenvalue weighted by Crippen LogP contribution is 2.44. The standard InChI is InChI=1S/C19H27NO2.C16H22O2/c1-5-11-19(16-9-6-10-17(13-16)22-4)12-7-8-15(18(19)21)14-20(2)3;1-3-10-16(11-5-4-9-15(16)17)13-7-6-8-14(12-13)18-2/h6,9-10,13-14H,5,7-8,11-12H2,1-4H3;6-8,12H,3-5,9-11H2,1-2H3. The Labute approximate surface area is 241 Å². The van der Waals surface area contributed by atoms with E-state index >= 15 is 0 Å². The number of Topliss-reactive ketones (excluding diaryl/α,β-unsaturated/α-hetero) is 2. The highest BCUT2D eigenvalue weighted by Gasteiger charge is 2.43. The molecule has 4 rings (SSSR count). The van der Waals surface area contributed by atoms with Crippen molar-refractivity contribution in [2.45, 2.75) is 95.3 Å². The molecule has 0 amide bonds. The first kappa shape index (κ1) is 31.4. The number of ketones is 2. The summed E-state index contributed by atoms with van der Waals surface area (Å²) in [6.07, 6.45) is 12.7. The molecule has 0 radical (unpaired) electrons. The SMILES string of the molecule is CCCC1(c2cccc(OC)c2)CCCC(=CN(C)C)C1=O.CCCC1(c2cccc(OC)c2)CCCCC1=O. The van der Waals surface area contributed by atoms with Gasteiger partial charge in [-0.05, 0) is 80.3 Å². The lowest BCUT2D eigenvalue weighted by atomic mass is 9.64. The summed E-state index contributed by atoms with van der Waals surface area (Å²) in [4.78, 5) is 27.7. The molecule has 0 saturated heterocycles. The third kappa shape index (κ3) is 6.97. The Kier molecular flexibility index (Phi) is 11.4. The number of methoxy groups -OCH3 is 2. The average Bonchev–Trinajstić information content (AvgIpc) is 2.97. The minimum absolute atomic E-state index is 0.248. The summed E-state index contributed by atoms with van der Waals surface area (Å²) in [5.41, 5.74) is 2.56. The second-order valence-electron chi connectivity index (χ2n) is 11.6. The zero-order chi connectivity index (χ0) is 29.2. The Hall–Kier alpha value is -3.08. The lowest BCUT2D eigenvalue weighted by molar-refractivity contribution is -0.127. The second-order valence-corrected chi connectivity index (χ2v) is 11.6. The van der Waals surface area contributed by atoms with Crippen molar-refractivity contribution in [1.29, 1.82) is 0 Å². The summed E-state index contributed by atoms with van der Waals surface area (Å²) < 4.78 is 10.7. The molecule has 2 aromatic rings. The summed E-state index contributed by atoms with van der Waals surface area (Å²) in [6.45, 7) is 4.31. The molecule has 0 N–H and O–H groups in total. The van der Waals surface area contributed by atoms with Gasteiger partial charge < -0.3 is 14.4 Å². The number of allylic oxidation sites excluding steroid dienone is 1. The molecule has 2 atom stereocenters. The van der Waals surface area contributed by atoms with Crippen molar-refractivity contribution >= 4 is 11.6 Å². The summed E-state index contributed by atoms with van der Waals surface area (Å²) >= 11 is 0. The molecule has 2 fully saturated rings. The van der Waals surface area contributed by atoms with Crippen molar-refractivity contribution < 1.29 is 19.1 Å². The lowest BCUT2D eigenvalue weighted by Crippen LogP contribution is -2.40. The molecule has 5 heteroatoms. The fraction of sp³-hybridized carbons (Fsp3) is 0.543. The molecule has 2 aliphatic rings. The highest BCUT2D eigenvalue weighted by atomic mass is 16.5. The largest absolute Gasteiger partial charge is 0.497 e. The summed E-state index contributed by atoms with van der Waals surface area (Å²) in [5, 5.41) is 0. The number of carbonyl (C=O) groups is 2. The smallest absolute Gasteiger partial charge is 0.170 e. The van der Waals surface area contributed by atoms with E-state index in [-0.39, 0.29) is 10.8 Å². The molecule has 0 spiro atoms. The van der Waals surface area contributed by atoms with Gasteiger partial charge in [-0.1, -0.05) is 57.4 Å². The maximum absolute atomic E-state index is 13.2. The van der Waals surface area contributed by atoms with Gasteiger partial charge in [0.05, 0.1) is 25.0 Å². The maximum Gasteiger partial charge on any atom is 0.170 e. The van der Waals surface area contributed by atoms with Gasteiger partial charge in [0.1, 0.15) is 17.3 Å². The van der Waals surface area contributed by atoms with E-state index in [2.05, 4.69) is 26.0 Å². The van der Waals surface area contributed by atoms with E-state index in [4.69, 9.17) is 9.47 Å². The molecule has 0 bridgehead atoms. The summed E-state index contributed by atoms with van der Waals surface area (Å²) in [6, 6.07) is 16.1. The predicted octanol–water partition coefficient (Wildman–Crippen LogP) is 7.81. The Balaban J connectivity index is 0.000000225. The molecular formula is C35H49NO4. The van der Waals surface area contributed by atoms with Crippen LogP contribution in [-0.2, 0) is 20.4 Å². The quantitative estimate of drug-likeness (QED) is 0.300. The molecule has 0 aliphatic heterocycles. The zero-order valence-corrected chi connectivity index (χ0v) is 25.6. The van der Waals surface area contributed by atoms with Crippen molar-refractivity contribution in [3.05, 3.63) is 71.4 Å². The topological polar surface area (TPSA) is 55.8 Å². The minimum Gasteiger partial charge on any atom is -0.497 e. The van der Waals surface area contributed by atoms with Gasteiger partial charge in [-0.3, -0.25) is 9.59 Å². The van der Waals surface area contributed by atoms with Gasteiger partial charge in [0.15, 0.2) is 5.78 Å². The molecular weight excluding hydrogens is 498 g/mol. The van der Waals surface area contributed by atoms with Crippen LogP contribution in [0.25, 0.3) is 0 Å². The third-order valence-corrected chi connectivity index (χ3v) is 8.58. The summed E-state index contributed by atoms with van der Waals surface area (Å²) in [5.74, 6) is 2.39. The molecule has 2 saturated carbocycles. The Morgan fingerprint density at radius 3 is 1.85 bits per heavy atom. The Morgan fingerprint density at radius 1 is 0.775 bits per heavy atom. The van der Waals surface area contributed by atoms with Gasteiger partial charge in [-0.25, -0.2) is 0 Å². The maximum atomic E-state index is 13.2. The number of carbonyl (C=O) groups excluding carboxylic acids is 2. The first-order chi connectivity index (χ1) is 19.3. The van der Waals surface area contributed by atoms with Crippen LogP contribution in [0.4, 0.5) is 0 Å². The lowest BCUT2D eigenvalue weighted by Gasteiger charge is -2.37. The minimum atomic E-state index is -0.386. The number of rotatable bonds is 9. The molecule has 2 aromatic carbocycles. The molecule has 5 nitrogen and oxygen atoms in total. The van der Waals surface area contributed by atoms with E-state index in [0.717, 1.165) is 98.8 Å². The second kappa shape index (κ2) is 14.5. The van der Waals surface area contributed by atoms with Gasteiger partial charge in [0.25, 0.3) is 0 Å². The van der Waals surface area contributed by atoms with Gasteiger partial charge in [-0.15, -0.1) is 0 Å². The van der Waals surface area contributed by atoms with Crippen LogP contribution in [0.1, 0.15) is 95.6 Å². The van der Waals surface area contributed by atoms with Crippen LogP contribution < -0.4 is 9.47 Å². The number of hydrogen-bond acceptors (Lipinski definition) is 5. The first-order valence-electron chi connectivity index (χ1n) is 15.0. The Bertz CT molecular complexity index is 1160. The van der Waals surface area contributed by atoms with Gasteiger partial charge in [-0.2, -0.15) is 0 Å². The van der Waals surface area contributed by atoms with Crippen LogP contribution in [-0.4, -0.2) is 44.8 Å². The van der Waals surface area contributed by atoms with Crippen LogP contribution in [0.15, 0.2) is 60.3 Å². The highest BCUT2D eigenvalue weighted by molar-refractivity contribution is 6.04. The van der Waals surface area contributed by atoms with Gasteiger partial charge in [0.2, 0.25) is 0 Å². The van der Waals surface area contributed by atoms with E-state index in [1.165, 1.54) is 0 Å². The van der Waals surface area contributed by atoms with Gasteiger partial charge in [0, 0.05) is 32.3 Å². The fourth-order valence-corrected chi connectivity index (χ4v) is 6.71. The van der Waals surface area contributed by atoms with Crippen molar-refractivity contribution in [2.75, 3.05) is 28.3 Å². The molecule has 2 unspecified atom stereocenters. The fourth-order valence-electron chi connectivity index (χ4n) is 6.71. The normalized spacial score (nSPS) is 23.8. The number of nitrogens with zero attached hydrogens (tertiary/aromatic N) is 1. The molecule has 0 aromatic heterocycles. The molecule has 40 heavy (non-hydrogen) atoms. The zero-order valence-electron chi connectivity index (χ0n) is 25.6. The summed E-state index contributed by atoms with van der Waals surface area (Å²) in [7, 11) is 7.30. The van der Waals surface area contributed by atoms with E-state index in [9.17, 15) is 9.59 Å². The van der Waals surface area contributed by atoms with E-state index in [0.29, 0.717) is 11.6 Å². The van der Waals surface area contributed by atoms with Crippen molar-refractivity contribution in [1.82, 2.24) is 4.90 Å². The molecule has 2 aliphatic carbocycles. The van der Waals surface area contributed by atoms with Crippen LogP contribution in [0.3, 0.4) is 0 Å². The number of ether oxygens (including phenoxy) is 2. The van der Waals surface area contributed by atoms with Crippen LogP contribution >= 0.6 is 0 Å². The van der Waals surface area contributed by atoms with Crippen LogP contribution in [0.5, 0.6) is 11.5 Å². The van der Waals surface area contributed by atoms with E-state index in [1.54, 1.807) is 14.2 Å². The Morgan fingerprint density at radius 2 is 1.32 bits per heavy atom. The van der Waals surface area contributed by atoms with Crippen molar-refractivity contribution in [2.24, 2.45) is 0 Å². The van der Waals surface area contributed by atoms with Crippen molar-refractivity contribution in [3.8, 4) is 11.5 Å². The van der Waals surface area contributed by atoms with Crippen LogP contribution in [0, 0.1) is 0 Å². The van der Waals surface area contributed by atoms with E-state index in [1.807, 2.05) is 61.6 Å². The first-order valence-corrected chi connectivity index (χ1v) is 15.0. The van der Waals surface area contributed by atoms with Gasteiger partial charge >= 0.3 is 0 Å². The van der Waals surface area contributed by atoms with E-state index < -0.39 is 0 Å². The number of hydrogen-bond donors (Lipinski definition) is 0. The average molecular weight is 548 g/mol. The monoisotopic (exact) mass is 547 g/mol.